The van der Waals surface area contributed by atoms with Crippen molar-refractivity contribution in [1.82, 2.24) is 10.6 Å². The third-order valence-electron chi connectivity index (χ3n) is 3.94. The molecule has 0 aliphatic rings. The Balaban J connectivity index is 1.92. The highest BCUT2D eigenvalue weighted by Gasteiger charge is 2.24. The minimum atomic E-state index is -0.661. The number of benzene rings is 2. The van der Waals surface area contributed by atoms with E-state index in [-0.39, 0.29) is 23.5 Å². The molecule has 2 rings (SSSR count). The summed E-state index contributed by atoms with van der Waals surface area (Å²) in [5.74, 6) is -0.983. The zero-order valence-electron chi connectivity index (χ0n) is 14.8. The van der Waals surface area contributed by atoms with Crippen LogP contribution in [0.25, 0.3) is 0 Å². The third kappa shape index (κ3) is 5.85. The Hall–Kier alpha value is -2.40. The molecule has 2 aromatic carbocycles. The number of amides is 2. The molecule has 0 aromatic heterocycles. The summed E-state index contributed by atoms with van der Waals surface area (Å²) in [4.78, 5) is 24.8. The molecule has 0 heterocycles. The average Bonchev–Trinajstić information content (AvgIpc) is 2.59. The summed E-state index contributed by atoms with van der Waals surface area (Å²) in [6, 6.07) is 12.1. The van der Waals surface area contributed by atoms with Gasteiger partial charge in [-0.15, -0.1) is 0 Å². The Labute approximate surface area is 157 Å². The first kappa shape index (κ1) is 19.9. The first-order chi connectivity index (χ1) is 12.4. The van der Waals surface area contributed by atoms with Crippen LogP contribution in [-0.4, -0.2) is 24.4 Å². The van der Waals surface area contributed by atoms with E-state index >= 15 is 0 Å². The molecule has 0 saturated carbocycles. The number of halogens is 2. The molecule has 6 heteroatoms. The fraction of sp³-hybridized carbons (Fsp3) is 0.300. The predicted molar refractivity (Wildman–Crippen MR) is 101 cm³/mol. The minimum Gasteiger partial charge on any atom is -0.354 e. The van der Waals surface area contributed by atoms with Crippen LogP contribution in [0.1, 0.15) is 29.8 Å². The van der Waals surface area contributed by atoms with Crippen molar-refractivity contribution in [1.29, 1.82) is 0 Å². The van der Waals surface area contributed by atoms with Gasteiger partial charge in [0.25, 0.3) is 5.91 Å². The Bertz CT molecular complexity index is 763. The van der Waals surface area contributed by atoms with E-state index in [1.165, 1.54) is 12.1 Å². The van der Waals surface area contributed by atoms with Gasteiger partial charge in [-0.05, 0) is 54.3 Å². The van der Waals surface area contributed by atoms with Crippen molar-refractivity contribution in [2.24, 2.45) is 5.92 Å². The fourth-order valence-electron chi connectivity index (χ4n) is 2.49. The van der Waals surface area contributed by atoms with Crippen LogP contribution in [0.15, 0.2) is 48.5 Å². The number of hydrogen-bond acceptors (Lipinski definition) is 2. The lowest BCUT2D eigenvalue weighted by Crippen LogP contribution is -2.50. The maximum atomic E-state index is 13.2. The third-order valence-corrected chi connectivity index (χ3v) is 4.20. The largest absolute Gasteiger partial charge is 0.354 e. The van der Waals surface area contributed by atoms with Crippen LogP contribution in [0.4, 0.5) is 4.39 Å². The molecule has 2 aromatic rings. The molecule has 138 valence electrons. The molecule has 0 aliphatic heterocycles. The van der Waals surface area contributed by atoms with Crippen molar-refractivity contribution in [3.8, 4) is 0 Å². The van der Waals surface area contributed by atoms with Gasteiger partial charge in [0.05, 0.1) is 0 Å². The van der Waals surface area contributed by atoms with E-state index in [0.29, 0.717) is 23.6 Å². The quantitative estimate of drug-likeness (QED) is 0.775. The maximum Gasteiger partial charge on any atom is 0.251 e. The summed E-state index contributed by atoms with van der Waals surface area (Å²) in [6.45, 7) is 4.08. The SMILES string of the molecule is CC(C)C(NC(=O)c1ccc(Cl)cc1)C(=O)NCCc1cccc(F)c1. The summed E-state index contributed by atoms with van der Waals surface area (Å²) < 4.78 is 13.2. The molecule has 0 spiro atoms. The van der Waals surface area contributed by atoms with Crippen LogP contribution in [0, 0.1) is 11.7 Å². The number of rotatable bonds is 7. The second-order valence-electron chi connectivity index (χ2n) is 6.37. The van der Waals surface area contributed by atoms with Gasteiger partial charge < -0.3 is 10.6 Å². The molecule has 0 bridgehead atoms. The van der Waals surface area contributed by atoms with E-state index in [0.717, 1.165) is 5.56 Å². The van der Waals surface area contributed by atoms with Gasteiger partial charge >= 0.3 is 0 Å². The molecule has 2 amide bonds. The van der Waals surface area contributed by atoms with Gasteiger partial charge in [-0.2, -0.15) is 0 Å². The van der Waals surface area contributed by atoms with Crippen molar-refractivity contribution >= 4 is 23.4 Å². The lowest BCUT2D eigenvalue weighted by molar-refractivity contribution is -0.123. The van der Waals surface area contributed by atoms with Gasteiger partial charge in [-0.1, -0.05) is 37.6 Å². The normalized spacial score (nSPS) is 11.9. The summed E-state index contributed by atoms with van der Waals surface area (Å²) in [6.07, 6.45) is 0.513. The highest BCUT2D eigenvalue weighted by atomic mass is 35.5. The van der Waals surface area contributed by atoms with Gasteiger partial charge in [0.15, 0.2) is 0 Å². The van der Waals surface area contributed by atoms with Gasteiger partial charge in [-0.25, -0.2) is 4.39 Å². The summed E-state index contributed by atoms with van der Waals surface area (Å²) in [5.41, 5.74) is 1.24. The first-order valence-corrected chi connectivity index (χ1v) is 8.83. The summed E-state index contributed by atoms with van der Waals surface area (Å²) in [5, 5.41) is 6.10. The molecular formula is C20H22ClFN2O2. The number of carbonyl (C=O) groups is 2. The summed E-state index contributed by atoms with van der Waals surface area (Å²) in [7, 11) is 0. The zero-order chi connectivity index (χ0) is 19.1. The number of nitrogens with one attached hydrogen (secondary N) is 2. The first-order valence-electron chi connectivity index (χ1n) is 8.45. The molecule has 0 saturated heterocycles. The second kappa shape index (κ2) is 9.34. The standard InChI is InChI=1S/C20H22ClFN2O2/c1-13(2)18(24-19(25)15-6-8-16(21)9-7-15)20(26)23-11-10-14-4-3-5-17(22)12-14/h3-9,12-13,18H,10-11H2,1-2H3,(H,23,26)(H,24,25). The lowest BCUT2D eigenvalue weighted by atomic mass is 10.0. The van der Waals surface area contributed by atoms with Gasteiger partial charge in [0.2, 0.25) is 5.91 Å². The fourth-order valence-corrected chi connectivity index (χ4v) is 2.62. The molecule has 26 heavy (non-hydrogen) atoms. The van der Waals surface area contributed by atoms with Gasteiger partial charge in [-0.3, -0.25) is 9.59 Å². The Kier molecular flexibility index (Phi) is 7.16. The van der Waals surface area contributed by atoms with Crippen molar-refractivity contribution in [3.05, 3.63) is 70.5 Å². The smallest absolute Gasteiger partial charge is 0.251 e. The zero-order valence-corrected chi connectivity index (χ0v) is 15.5. The van der Waals surface area contributed by atoms with Crippen LogP contribution < -0.4 is 10.6 Å². The second-order valence-corrected chi connectivity index (χ2v) is 6.81. The number of hydrogen-bond donors (Lipinski definition) is 2. The molecule has 4 nitrogen and oxygen atoms in total. The molecule has 2 N–H and O–H groups in total. The summed E-state index contributed by atoms with van der Waals surface area (Å²) >= 11 is 5.82. The molecule has 1 unspecified atom stereocenters. The van der Waals surface area contributed by atoms with E-state index < -0.39 is 6.04 Å². The average molecular weight is 377 g/mol. The highest BCUT2D eigenvalue weighted by Crippen LogP contribution is 2.11. The topological polar surface area (TPSA) is 58.2 Å². The van der Waals surface area contributed by atoms with Crippen molar-refractivity contribution < 1.29 is 14.0 Å². The Morgan fingerprint density at radius 1 is 1.12 bits per heavy atom. The van der Waals surface area contributed by atoms with Crippen molar-refractivity contribution in [2.45, 2.75) is 26.3 Å². The number of carbonyl (C=O) groups excluding carboxylic acids is 2. The highest BCUT2D eigenvalue weighted by molar-refractivity contribution is 6.30. The van der Waals surface area contributed by atoms with Crippen LogP contribution in [0.5, 0.6) is 0 Å². The van der Waals surface area contributed by atoms with E-state index in [4.69, 9.17) is 11.6 Å². The van der Waals surface area contributed by atoms with Crippen LogP contribution in [0.3, 0.4) is 0 Å². The van der Waals surface area contributed by atoms with Crippen LogP contribution in [-0.2, 0) is 11.2 Å². The Morgan fingerprint density at radius 3 is 2.42 bits per heavy atom. The Morgan fingerprint density at radius 2 is 1.81 bits per heavy atom. The minimum absolute atomic E-state index is 0.0829. The van der Waals surface area contributed by atoms with E-state index in [1.807, 2.05) is 13.8 Å². The monoisotopic (exact) mass is 376 g/mol. The maximum absolute atomic E-state index is 13.2. The van der Waals surface area contributed by atoms with Crippen molar-refractivity contribution in [2.75, 3.05) is 6.54 Å². The molecule has 0 fully saturated rings. The lowest BCUT2D eigenvalue weighted by Gasteiger charge is -2.22. The predicted octanol–water partition coefficient (Wildman–Crippen LogP) is 3.59. The van der Waals surface area contributed by atoms with E-state index in [1.54, 1.807) is 36.4 Å². The van der Waals surface area contributed by atoms with Crippen LogP contribution >= 0.6 is 11.6 Å². The van der Waals surface area contributed by atoms with Crippen LogP contribution in [0.2, 0.25) is 5.02 Å². The molecule has 1 atom stereocenters. The van der Waals surface area contributed by atoms with Gasteiger partial charge in [0, 0.05) is 17.1 Å². The molecule has 0 aliphatic carbocycles. The van der Waals surface area contributed by atoms with Crippen molar-refractivity contribution in [3.63, 3.8) is 0 Å². The van der Waals surface area contributed by atoms with Gasteiger partial charge in [0.1, 0.15) is 11.9 Å². The van der Waals surface area contributed by atoms with E-state index in [9.17, 15) is 14.0 Å². The molecule has 0 radical (unpaired) electrons. The molecular weight excluding hydrogens is 355 g/mol. The van der Waals surface area contributed by atoms with E-state index in [2.05, 4.69) is 10.6 Å².